The van der Waals surface area contributed by atoms with Gasteiger partial charge in [0.05, 0.1) is 21.8 Å². The van der Waals surface area contributed by atoms with Crippen molar-refractivity contribution in [2.24, 2.45) is 0 Å². The fourth-order valence-corrected chi connectivity index (χ4v) is 3.37. The zero-order chi connectivity index (χ0) is 17.8. The van der Waals surface area contributed by atoms with Crippen LogP contribution in [0.1, 0.15) is 18.1 Å². The van der Waals surface area contributed by atoms with Crippen molar-refractivity contribution < 1.29 is 9.84 Å². The highest BCUT2D eigenvalue weighted by Gasteiger charge is 2.10. The second kappa shape index (κ2) is 7.58. The van der Waals surface area contributed by atoms with E-state index in [9.17, 15) is 10.4 Å². The van der Waals surface area contributed by atoms with E-state index in [-0.39, 0.29) is 5.75 Å². The number of ether oxygens (including phenoxy) is 1. The summed E-state index contributed by atoms with van der Waals surface area (Å²) >= 11 is 2.06. The number of hydrogen-bond donors (Lipinski definition) is 1. The van der Waals surface area contributed by atoms with E-state index in [0.29, 0.717) is 21.5 Å². The molecule has 3 aromatic rings. The standard InChI is InChI=1S/C21H16INO2/c1-2-25-20-12-14(11-19(22)21(20)24)10-16(13-23)18-9-5-7-15-6-3-4-8-17(15)18/h3-12,24H,2H2,1H3/b16-10-. The van der Waals surface area contributed by atoms with E-state index < -0.39 is 0 Å². The van der Waals surface area contributed by atoms with Crippen molar-refractivity contribution in [1.82, 2.24) is 0 Å². The summed E-state index contributed by atoms with van der Waals surface area (Å²) in [5.74, 6) is 0.555. The summed E-state index contributed by atoms with van der Waals surface area (Å²) in [4.78, 5) is 0. The predicted octanol–water partition coefficient (Wildman–Crippen LogP) is 5.61. The molecule has 0 aliphatic rings. The van der Waals surface area contributed by atoms with Crippen molar-refractivity contribution in [3.63, 3.8) is 0 Å². The quantitative estimate of drug-likeness (QED) is 0.325. The first kappa shape index (κ1) is 17.3. The minimum Gasteiger partial charge on any atom is -0.504 e. The van der Waals surface area contributed by atoms with Crippen molar-refractivity contribution >= 4 is 45.0 Å². The lowest BCUT2D eigenvalue weighted by Gasteiger charge is -2.10. The number of nitriles is 1. The van der Waals surface area contributed by atoms with Crippen molar-refractivity contribution in [1.29, 1.82) is 5.26 Å². The summed E-state index contributed by atoms with van der Waals surface area (Å²) in [6.45, 7) is 2.33. The number of hydrogen-bond acceptors (Lipinski definition) is 3. The van der Waals surface area contributed by atoms with Crippen LogP contribution in [0.5, 0.6) is 11.5 Å². The molecule has 124 valence electrons. The Kier molecular flexibility index (Phi) is 5.25. The van der Waals surface area contributed by atoms with Gasteiger partial charge in [0.1, 0.15) is 0 Å². The Labute approximate surface area is 160 Å². The average molecular weight is 441 g/mol. The van der Waals surface area contributed by atoms with Crippen LogP contribution in [0.2, 0.25) is 0 Å². The molecule has 0 saturated heterocycles. The molecule has 0 spiro atoms. The Morgan fingerprint density at radius 3 is 2.72 bits per heavy atom. The van der Waals surface area contributed by atoms with Gasteiger partial charge in [-0.1, -0.05) is 42.5 Å². The molecular weight excluding hydrogens is 425 g/mol. The molecule has 3 nitrogen and oxygen atoms in total. The van der Waals surface area contributed by atoms with Gasteiger partial charge in [0.15, 0.2) is 11.5 Å². The smallest absolute Gasteiger partial charge is 0.171 e. The maximum Gasteiger partial charge on any atom is 0.171 e. The van der Waals surface area contributed by atoms with E-state index in [4.69, 9.17) is 4.74 Å². The van der Waals surface area contributed by atoms with E-state index in [1.54, 1.807) is 6.07 Å². The topological polar surface area (TPSA) is 53.2 Å². The van der Waals surface area contributed by atoms with Gasteiger partial charge in [-0.05, 0) is 64.1 Å². The van der Waals surface area contributed by atoms with Crippen LogP contribution in [0.15, 0.2) is 54.6 Å². The van der Waals surface area contributed by atoms with Crippen molar-refractivity contribution in [3.05, 3.63) is 69.3 Å². The number of phenolic OH excluding ortho intramolecular Hbond substituents is 1. The van der Waals surface area contributed by atoms with E-state index in [1.165, 1.54) is 0 Å². The summed E-state index contributed by atoms with van der Waals surface area (Å²) in [6, 6.07) is 19.8. The van der Waals surface area contributed by atoms with Gasteiger partial charge in [0, 0.05) is 5.56 Å². The SMILES string of the molecule is CCOc1cc(/C=C(/C#N)c2cccc3ccccc23)cc(I)c1O. The van der Waals surface area contributed by atoms with Crippen molar-refractivity contribution in [2.75, 3.05) is 6.61 Å². The summed E-state index contributed by atoms with van der Waals surface area (Å²) < 4.78 is 6.17. The Morgan fingerprint density at radius 1 is 1.20 bits per heavy atom. The summed E-state index contributed by atoms with van der Waals surface area (Å²) in [5.41, 5.74) is 2.28. The van der Waals surface area contributed by atoms with E-state index in [1.807, 2.05) is 61.5 Å². The molecular formula is C21H16INO2. The zero-order valence-electron chi connectivity index (χ0n) is 13.7. The molecule has 0 saturated carbocycles. The van der Waals surface area contributed by atoms with Crippen LogP contribution in [-0.2, 0) is 0 Å². The third-order valence-electron chi connectivity index (χ3n) is 3.86. The minimum absolute atomic E-state index is 0.128. The molecule has 25 heavy (non-hydrogen) atoms. The summed E-state index contributed by atoms with van der Waals surface area (Å²) in [5, 5.41) is 21.9. The maximum atomic E-state index is 10.1. The average Bonchev–Trinajstić information content (AvgIpc) is 2.63. The molecule has 0 fully saturated rings. The molecule has 0 unspecified atom stereocenters. The molecule has 0 bridgehead atoms. The number of fused-ring (bicyclic) bond motifs is 1. The predicted molar refractivity (Wildman–Crippen MR) is 109 cm³/mol. The second-order valence-electron chi connectivity index (χ2n) is 5.48. The maximum absolute atomic E-state index is 10.1. The normalized spacial score (nSPS) is 11.3. The van der Waals surface area contributed by atoms with E-state index in [0.717, 1.165) is 21.9 Å². The Morgan fingerprint density at radius 2 is 1.96 bits per heavy atom. The van der Waals surface area contributed by atoms with Gasteiger partial charge < -0.3 is 9.84 Å². The minimum atomic E-state index is 0.128. The number of phenols is 1. The fourth-order valence-electron chi connectivity index (χ4n) is 2.74. The van der Waals surface area contributed by atoms with Gasteiger partial charge in [-0.25, -0.2) is 0 Å². The number of halogens is 1. The van der Waals surface area contributed by atoms with Gasteiger partial charge in [-0.15, -0.1) is 0 Å². The number of rotatable bonds is 4. The number of nitrogens with zero attached hydrogens (tertiary/aromatic N) is 1. The zero-order valence-corrected chi connectivity index (χ0v) is 15.8. The molecule has 3 rings (SSSR count). The van der Waals surface area contributed by atoms with Crippen LogP contribution < -0.4 is 4.74 Å². The van der Waals surface area contributed by atoms with Crippen LogP contribution in [-0.4, -0.2) is 11.7 Å². The molecule has 4 heteroatoms. The van der Waals surface area contributed by atoms with E-state index in [2.05, 4.69) is 28.7 Å². The van der Waals surface area contributed by atoms with Gasteiger partial charge >= 0.3 is 0 Å². The van der Waals surface area contributed by atoms with Gasteiger partial charge in [-0.2, -0.15) is 5.26 Å². The molecule has 0 amide bonds. The van der Waals surface area contributed by atoms with Gasteiger partial charge in [0.25, 0.3) is 0 Å². The molecule has 0 aliphatic heterocycles. The third-order valence-corrected chi connectivity index (χ3v) is 4.68. The molecule has 1 N–H and O–H groups in total. The number of aromatic hydroxyl groups is 1. The number of benzene rings is 3. The largest absolute Gasteiger partial charge is 0.504 e. The van der Waals surface area contributed by atoms with Crippen LogP contribution in [0.4, 0.5) is 0 Å². The highest BCUT2D eigenvalue weighted by Crippen LogP contribution is 2.34. The molecule has 3 aromatic carbocycles. The Bertz CT molecular complexity index is 997. The first-order chi connectivity index (χ1) is 12.1. The molecule has 0 aliphatic carbocycles. The highest BCUT2D eigenvalue weighted by atomic mass is 127. The molecule has 0 atom stereocenters. The lowest BCUT2D eigenvalue weighted by Crippen LogP contribution is -1.94. The monoisotopic (exact) mass is 441 g/mol. The Hall–Kier alpha value is -2.52. The molecule has 0 heterocycles. The van der Waals surface area contributed by atoms with E-state index >= 15 is 0 Å². The molecule has 0 radical (unpaired) electrons. The van der Waals surface area contributed by atoms with Gasteiger partial charge in [0.2, 0.25) is 0 Å². The van der Waals surface area contributed by atoms with Crippen LogP contribution in [0, 0.1) is 14.9 Å². The lowest BCUT2D eigenvalue weighted by atomic mass is 9.97. The molecule has 0 aromatic heterocycles. The first-order valence-corrected chi connectivity index (χ1v) is 8.97. The highest BCUT2D eigenvalue weighted by molar-refractivity contribution is 14.1. The van der Waals surface area contributed by atoms with Crippen LogP contribution >= 0.6 is 22.6 Å². The second-order valence-corrected chi connectivity index (χ2v) is 6.64. The van der Waals surface area contributed by atoms with Gasteiger partial charge in [-0.3, -0.25) is 0 Å². The van der Waals surface area contributed by atoms with Crippen LogP contribution in [0.25, 0.3) is 22.4 Å². The lowest BCUT2D eigenvalue weighted by molar-refractivity contribution is 0.317. The van der Waals surface area contributed by atoms with Crippen molar-refractivity contribution in [2.45, 2.75) is 6.92 Å². The summed E-state index contributed by atoms with van der Waals surface area (Å²) in [7, 11) is 0. The number of allylic oxidation sites excluding steroid dienone is 1. The third kappa shape index (κ3) is 3.62. The van der Waals surface area contributed by atoms with Crippen molar-refractivity contribution in [3.8, 4) is 17.6 Å². The Balaban J connectivity index is 2.14. The van der Waals surface area contributed by atoms with Crippen LogP contribution in [0.3, 0.4) is 0 Å². The fraction of sp³-hybridized carbons (Fsp3) is 0.0952. The summed E-state index contributed by atoms with van der Waals surface area (Å²) in [6.07, 6.45) is 1.83. The first-order valence-electron chi connectivity index (χ1n) is 7.89.